The molecule has 6 heteroatoms. The fourth-order valence-corrected chi connectivity index (χ4v) is 0. The van der Waals surface area contributed by atoms with Crippen LogP contribution in [0.1, 0.15) is 0 Å². The minimum Gasteiger partial charge on any atom is -0.870 e. The average Bonchev–Trinajstić information content (AvgIpc) is 0. The van der Waals surface area contributed by atoms with Gasteiger partial charge in [0.05, 0.1) is 0 Å². The fourth-order valence-electron chi connectivity index (χ4n) is 0. The quantitative estimate of drug-likeness (QED) is 0.482. The van der Waals surface area contributed by atoms with Gasteiger partial charge >= 0.3 is 65.0 Å². The summed E-state index contributed by atoms with van der Waals surface area (Å²) in [6.45, 7) is 0. The van der Waals surface area contributed by atoms with Crippen LogP contribution in [0.3, 0.4) is 0 Å². The Hall–Kier alpha value is 2.02. The summed E-state index contributed by atoms with van der Waals surface area (Å²) in [7, 11) is 0. The average molecular weight is 221 g/mol. The Kier molecular flexibility index (Phi) is 1000. The summed E-state index contributed by atoms with van der Waals surface area (Å²) >= 11 is 0. The van der Waals surface area contributed by atoms with Crippen molar-refractivity contribution in [2.45, 2.75) is 0 Å². The third-order valence-electron chi connectivity index (χ3n) is 0. The van der Waals surface area contributed by atoms with Crippen LogP contribution in [0.2, 0.25) is 0 Å². The van der Waals surface area contributed by atoms with E-state index in [1.165, 1.54) is 0 Å². The molecule has 0 aliphatic heterocycles. The van der Waals surface area contributed by atoms with Gasteiger partial charge in [0, 0.05) is 0 Å². The second kappa shape index (κ2) is 62.3. The first-order chi connectivity index (χ1) is 0. The van der Waals surface area contributed by atoms with Crippen molar-refractivity contribution in [1.82, 2.24) is 0 Å². The summed E-state index contributed by atoms with van der Waals surface area (Å²) < 4.78 is 0. The third kappa shape index (κ3) is 37.2. The van der Waals surface area contributed by atoms with Crippen LogP contribution in [0.5, 0.6) is 0 Å². The van der Waals surface area contributed by atoms with Crippen molar-refractivity contribution in [3.63, 3.8) is 0 Å². The van der Waals surface area contributed by atoms with Gasteiger partial charge < -0.3 is 21.9 Å². The van der Waals surface area contributed by atoms with Gasteiger partial charge in [0.15, 0.2) is 0 Å². The van der Waals surface area contributed by atoms with Crippen molar-refractivity contribution >= 4 is 37.7 Å². The summed E-state index contributed by atoms with van der Waals surface area (Å²) in [5.41, 5.74) is 0. The Morgan fingerprint density at radius 3 is 0.500 bits per heavy atom. The van der Waals surface area contributed by atoms with Gasteiger partial charge in [-0.05, 0) is 0 Å². The molecule has 0 saturated carbocycles. The number of hydrogen-bond donors (Lipinski definition) is 0. The van der Waals surface area contributed by atoms with Gasteiger partial charge in [0.2, 0.25) is 0 Å². The summed E-state index contributed by atoms with van der Waals surface area (Å²) in [6, 6.07) is 0. The fraction of sp³-hybridized carbons (Fsp3) is 0. The van der Waals surface area contributed by atoms with Crippen LogP contribution in [0, 0.1) is 0 Å². The van der Waals surface area contributed by atoms with Gasteiger partial charge in [0.1, 0.15) is 0 Å². The summed E-state index contributed by atoms with van der Waals surface area (Å²) in [5, 5.41) is 0. The molecular formula is H4CaCdO4. The third-order valence-corrected chi connectivity index (χ3v) is 0. The van der Waals surface area contributed by atoms with Crippen molar-refractivity contribution in [2.24, 2.45) is 0 Å². The molecule has 0 aromatic heterocycles. The van der Waals surface area contributed by atoms with E-state index in [1.807, 2.05) is 0 Å². The Balaban J connectivity index is 0. The SMILES string of the molecule is [Ca+2].[Cd+2].[OH-].[OH-].[OH-].[OH-]. The van der Waals surface area contributed by atoms with Crippen LogP contribution in [0.15, 0.2) is 0 Å². The molecule has 0 aromatic carbocycles. The molecule has 0 unspecified atom stereocenters. The molecule has 0 amide bonds. The minimum absolute atomic E-state index is 0. The van der Waals surface area contributed by atoms with Gasteiger partial charge in [-0.1, -0.05) is 0 Å². The monoisotopic (exact) mass is 222 g/mol. The molecule has 0 atom stereocenters. The Bertz CT molecular complexity index is 7.51. The zero-order valence-corrected chi connectivity index (χ0v) is 9.45. The largest absolute Gasteiger partial charge is 2.00 e. The molecule has 32 valence electrons. The molecule has 0 radical (unpaired) electrons. The van der Waals surface area contributed by atoms with Crippen molar-refractivity contribution < 1.29 is 49.2 Å². The van der Waals surface area contributed by atoms with E-state index in [4.69, 9.17) is 0 Å². The predicted molar refractivity (Wildman–Crippen MR) is 13.5 cm³/mol. The predicted octanol–water partition coefficient (Wildman–Crippen LogP) is -1.09. The van der Waals surface area contributed by atoms with Crippen LogP contribution in [0.25, 0.3) is 0 Å². The molecule has 4 N–H and O–H groups in total. The van der Waals surface area contributed by atoms with E-state index < -0.39 is 0 Å². The summed E-state index contributed by atoms with van der Waals surface area (Å²) in [6.07, 6.45) is 0. The first kappa shape index (κ1) is 96.8. The Labute approximate surface area is 85.7 Å². The molecule has 0 fully saturated rings. The molecule has 6 heavy (non-hydrogen) atoms. The molecule has 0 rings (SSSR count). The maximum absolute atomic E-state index is 0. The Morgan fingerprint density at radius 1 is 0.500 bits per heavy atom. The van der Waals surface area contributed by atoms with Gasteiger partial charge in [0.25, 0.3) is 0 Å². The smallest absolute Gasteiger partial charge is 0.870 e. The maximum Gasteiger partial charge on any atom is 2.00 e. The van der Waals surface area contributed by atoms with E-state index in [0.29, 0.717) is 0 Å². The van der Waals surface area contributed by atoms with E-state index in [9.17, 15) is 0 Å². The maximum atomic E-state index is 0. The van der Waals surface area contributed by atoms with E-state index in [-0.39, 0.29) is 86.9 Å². The Morgan fingerprint density at radius 2 is 0.500 bits per heavy atom. The molecule has 0 spiro atoms. The van der Waals surface area contributed by atoms with E-state index in [0.717, 1.165) is 0 Å². The molecule has 0 heterocycles. The topological polar surface area (TPSA) is 120 Å². The van der Waals surface area contributed by atoms with Gasteiger partial charge in [-0.15, -0.1) is 0 Å². The van der Waals surface area contributed by atoms with Crippen molar-refractivity contribution in [3.8, 4) is 0 Å². The van der Waals surface area contributed by atoms with Crippen molar-refractivity contribution in [2.75, 3.05) is 0 Å². The first-order valence-corrected chi connectivity index (χ1v) is 0. The van der Waals surface area contributed by atoms with Crippen molar-refractivity contribution in [1.29, 1.82) is 0 Å². The molecular weight excluding hydrogens is 216 g/mol. The van der Waals surface area contributed by atoms with Gasteiger partial charge in [-0.2, -0.15) is 0 Å². The molecule has 0 aliphatic rings. The molecule has 0 saturated heterocycles. The second-order valence-corrected chi connectivity index (χ2v) is 0. The van der Waals surface area contributed by atoms with Crippen LogP contribution in [-0.4, -0.2) is 59.6 Å². The number of rotatable bonds is 0. The van der Waals surface area contributed by atoms with Crippen LogP contribution >= 0.6 is 0 Å². The zero-order valence-electron chi connectivity index (χ0n) is 3.20. The van der Waals surface area contributed by atoms with Crippen LogP contribution in [0.4, 0.5) is 0 Å². The van der Waals surface area contributed by atoms with Gasteiger partial charge in [-0.25, -0.2) is 0 Å². The molecule has 0 aliphatic carbocycles. The van der Waals surface area contributed by atoms with Crippen molar-refractivity contribution in [3.05, 3.63) is 0 Å². The molecule has 0 aromatic rings. The van der Waals surface area contributed by atoms with Crippen LogP contribution in [-0.2, 0) is 27.3 Å². The normalized spacial score (nSPS) is 0. The standard InChI is InChI=1S/Ca.Cd.4H2O/h;;4*1H2/q2*+2;;;;/p-4. The minimum atomic E-state index is 0. The van der Waals surface area contributed by atoms with E-state index >= 15 is 0 Å². The van der Waals surface area contributed by atoms with Crippen LogP contribution < -0.4 is 0 Å². The second-order valence-electron chi connectivity index (χ2n) is 0. The summed E-state index contributed by atoms with van der Waals surface area (Å²) in [5.74, 6) is 0. The van der Waals surface area contributed by atoms with Gasteiger partial charge in [-0.3, -0.25) is 0 Å². The summed E-state index contributed by atoms with van der Waals surface area (Å²) in [4.78, 5) is 0. The number of hydrogen-bond acceptors (Lipinski definition) is 4. The zero-order chi connectivity index (χ0) is 0. The molecule has 4 nitrogen and oxygen atoms in total. The van der Waals surface area contributed by atoms with E-state index in [1.54, 1.807) is 0 Å². The first-order valence-electron chi connectivity index (χ1n) is 0. The van der Waals surface area contributed by atoms with E-state index in [2.05, 4.69) is 0 Å². The molecule has 0 bridgehead atoms.